The molecule has 4 heteroatoms. The van der Waals surface area contributed by atoms with Gasteiger partial charge in [0.1, 0.15) is 11.6 Å². The molecule has 108 valence electrons. The summed E-state index contributed by atoms with van der Waals surface area (Å²) in [5, 5.41) is 21.3. The van der Waals surface area contributed by atoms with E-state index < -0.39 is 0 Å². The van der Waals surface area contributed by atoms with E-state index in [-0.39, 0.29) is 0 Å². The van der Waals surface area contributed by atoms with Gasteiger partial charge < -0.3 is 5.32 Å². The predicted octanol–water partition coefficient (Wildman–Crippen LogP) is 3.32. The summed E-state index contributed by atoms with van der Waals surface area (Å²) in [4.78, 5) is 0. The number of nitriles is 1. The Morgan fingerprint density at radius 2 is 2.05 bits per heavy atom. The Balaban J connectivity index is 2.17. The van der Waals surface area contributed by atoms with Crippen molar-refractivity contribution < 1.29 is 0 Å². The van der Waals surface area contributed by atoms with Gasteiger partial charge in [0.05, 0.1) is 5.69 Å². The van der Waals surface area contributed by atoms with E-state index in [4.69, 9.17) is 0 Å². The second-order valence-corrected chi connectivity index (χ2v) is 5.72. The van der Waals surface area contributed by atoms with Gasteiger partial charge in [-0.3, -0.25) is 0 Å². The van der Waals surface area contributed by atoms with E-state index >= 15 is 0 Å². The Hall–Kier alpha value is -1.63. The molecule has 0 aromatic carbocycles. The van der Waals surface area contributed by atoms with Crippen LogP contribution in [-0.2, 0) is 12.8 Å². The lowest BCUT2D eigenvalue weighted by Gasteiger charge is -2.17. The molecule has 0 radical (unpaired) electrons. The van der Waals surface area contributed by atoms with Crippen molar-refractivity contribution in [1.82, 2.24) is 10.2 Å². The first-order chi connectivity index (χ1) is 9.71. The molecule has 2 unspecified atom stereocenters. The zero-order valence-electron chi connectivity index (χ0n) is 12.7. The van der Waals surface area contributed by atoms with Gasteiger partial charge in [-0.25, -0.2) is 0 Å². The maximum Gasteiger partial charge on any atom is 0.166 e. The quantitative estimate of drug-likeness (QED) is 0.893. The molecule has 0 bridgehead atoms. The average Bonchev–Trinajstić information content (AvgIpc) is 2.89. The lowest BCUT2D eigenvalue weighted by molar-refractivity contribution is 0.439. The molecule has 1 aromatic heterocycles. The topological polar surface area (TPSA) is 61.6 Å². The average molecular weight is 272 g/mol. The third-order valence-corrected chi connectivity index (χ3v) is 4.53. The number of aromatic nitrogens is 2. The Bertz CT molecular complexity index is 504. The molecule has 2 rings (SSSR count). The van der Waals surface area contributed by atoms with Crippen LogP contribution in [0.15, 0.2) is 0 Å². The lowest BCUT2D eigenvalue weighted by atomic mass is 9.98. The van der Waals surface area contributed by atoms with Crippen LogP contribution < -0.4 is 5.32 Å². The molecule has 1 aliphatic carbocycles. The molecule has 1 saturated carbocycles. The van der Waals surface area contributed by atoms with Gasteiger partial charge in [-0.05, 0) is 36.7 Å². The number of hydrogen-bond acceptors (Lipinski definition) is 4. The SMILES string of the molecule is CCc1nnc(NCC2CCCC2C)c(C#N)c1CC. The van der Waals surface area contributed by atoms with Crippen molar-refractivity contribution in [2.24, 2.45) is 11.8 Å². The van der Waals surface area contributed by atoms with Crippen molar-refractivity contribution in [1.29, 1.82) is 5.26 Å². The van der Waals surface area contributed by atoms with Gasteiger partial charge in [0, 0.05) is 6.54 Å². The van der Waals surface area contributed by atoms with Crippen LogP contribution in [-0.4, -0.2) is 16.7 Å². The van der Waals surface area contributed by atoms with Crippen LogP contribution in [0.4, 0.5) is 5.82 Å². The van der Waals surface area contributed by atoms with Crippen LogP contribution in [0, 0.1) is 23.2 Å². The molecule has 1 aromatic rings. The Kier molecular flexibility index (Phi) is 4.94. The van der Waals surface area contributed by atoms with Gasteiger partial charge >= 0.3 is 0 Å². The zero-order valence-corrected chi connectivity index (χ0v) is 12.7. The fraction of sp³-hybridized carbons (Fsp3) is 0.688. The number of anilines is 1. The van der Waals surface area contributed by atoms with Crippen molar-refractivity contribution >= 4 is 5.82 Å². The van der Waals surface area contributed by atoms with Gasteiger partial charge in [0.15, 0.2) is 5.82 Å². The minimum absolute atomic E-state index is 0.667. The van der Waals surface area contributed by atoms with Gasteiger partial charge in [0.2, 0.25) is 0 Å². The van der Waals surface area contributed by atoms with Crippen LogP contribution in [0.25, 0.3) is 0 Å². The van der Waals surface area contributed by atoms with E-state index in [9.17, 15) is 5.26 Å². The lowest BCUT2D eigenvalue weighted by Crippen LogP contribution is -2.19. The summed E-state index contributed by atoms with van der Waals surface area (Å²) in [5.74, 6) is 2.13. The van der Waals surface area contributed by atoms with Crippen LogP contribution in [0.3, 0.4) is 0 Å². The van der Waals surface area contributed by atoms with Gasteiger partial charge in [-0.1, -0.05) is 33.6 Å². The third-order valence-electron chi connectivity index (χ3n) is 4.53. The van der Waals surface area contributed by atoms with E-state index in [2.05, 4.69) is 42.4 Å². The first-order valence-electron chi connectivity index (χ1n) is 7.73. The van der Waals surface area contributed by atoms with E-state index in [0.29, 0.717) is 17.3 Å². The molecule has 4 nitrogen and oxygen atoms in total. The maximum atomic E-state index is 9.44. The van der Waals surface area contributed by atoms with Crippen molar-refractivity contribution in [3.05, 3.63) is 16.8 Å². The number of nitrogens with zero attached hydrogens (tertiary/aromatic N) is 3. The summed E-state index contributed by atoms with van der Waals surface area (Å²) in [7, 11) is 0. The zero-order chi connectivity index (χ0) is 14.5. The van der Waals surface area contributed by atoms with E-state index in [1.54, 1.807) is 0 Å². The van der Waals surface area contributed by atoms with Gasteiger partial charge in [0.25, 0.3) is 0 Å². The molecule has 0 spiro atoms. The predicted molar refractivity (Wildman–Crippen MR) is 80.5 cm³/mol. The van der Waals surface area contributed by atoms with Crippen LogP contribution >= 0.6 is 0 Å². The molecule has 1 N–H and O–H groups in total. The smallest absolute Gasteiger partial charge is 0.166 e. The third kappa shape index (κ3) is 2.92. The molecular weight excluding hydrogens is 248 g/mol. The molecule has 0 saturated heterocycles. The summed E-state index contributed by atoms with van der Waals surface area (Å²) in [6, 6.07) is 2.31. The standard InChI is InChI=1S/C16H24N4/c1-4-13-14(9-17)16(20-19-15(13)5-2)18-10-12-8-6-7-11(12)3/h11-12H,4-8,10H2,1-3H3,(H,18,20). The van der Waals surface area contributed by atoms with Crippen LogP contribution in [0.2, 0.25) is 0 Å². The molecule has 1 fully saturated rings. The molecule has 1 aliphatic rings. The number of aryl methyl sites for hydroxylation is 1. The van der Waals surface area contributed by atoms with Crippen molar-refractivity contribution in [2.75, 3.05) is 11.9 Å². The molecule has 2 atom stereocenters. The van der Waals surface area contributed by atoms with Gasteiger partial charge in [-0.15, -0.1) is 5.10 Å². The molecule has 1 heterocycles. The monoisotopic (exact) mass is 272 g/mol. The second kappa shape index (κ2) is 6.69. The normalized spacial score (nSPS) is 21.7. The minimum Gasteiger partial charge on any atom is -0.367 e. The van der Waals surface area contributed by atoms with E-state index in [1.165, 1.54) is 19.3 Å². The molecule has 20 heavy (non-hydrogen) atoms. The first-order valence-corrected chi connectivity index (χ1v) is 7.73. The summed E-state index contributed by atoms with van der Waals surface area (Å²) < 4.78 is 0. The highest BCUT2D eigenvalue weighted by molar-refractivity contribution is 5.56. The highest BCUT2D eigenvalue weighted by Crippen LogP contribution is 2.31. The minimum atomic E-state index is 0.667. The fourth-order valence-corrected chi connectivity index (χ4v) is 3.17. The van der Waals surface area contributed by atoms with Gasteiger partial charge in [-0.2, -0.15) is 10.4 Å². The fourth-order valence-electron chi connectivity index (χ4n) is 3.17. The van der Waals surface area contributed by atoms with Crippen LogP contribution in [0.5, 0.6) is 0 Å². The summed E-state index contributed by atoms with van der Waals surface area (Å²) in [5.41, 5.74) is 2.68. The Labute approximate surface area is 121 Å². The summed E-state index contributed by atoms with van der Waals surface area (Å²) in [6.45, 7) is 7.34. The van der Waals surface area contributed by atoms with Crippen molar-refractivity contribution in [3.63, 3.8) is 0 Å². The highest BCUT2D eigenvalue weighted by atomic mass is 15.2. The largest absolute Gasteiger partial charge is 0.367 e. The van der Waals surface area contributed by atoms with Crippen molar-refractivity contribution in [2.45, 2.75) is 52.9 Å². The van der Waals surface area contributed by atoms with Crippen LogP contribution in [0.1, 0.15) is 56.9 Å². The maximum absolute atomic E-state index is 9.44. The first kappa shape index (κ1) is 14.8. The van der Waals surface area contributed by atoms with E-state index in [1.807, 2.05) is 0 Å². The number of hydrogen-bond donors (Lipinski definition) is 1. The van der Waals surface area contributed by atoms with Crippen molar-refractivity contribution in [3.8, 4) is 6.07 Å². The summed E-state index contributed by atoms with van der Waals surface area (Å²) >= 11 is 0. The summed E-state index contributed by atoms with van der Waals surface area (Å²) in [6.07, 6.45) is 5.56. The molecule has 0 amide bonds. The van der Waals surface area contributed by atoms with E-state index in [0.717, 1.165) is 36.6 Å². The molecule has 0 aliphatic heterocycles. The molecular formula is C16H24N4. The number of nitrogens with one attached hydrogen (secondary N) is 1. The Morgan fingerprint density at radius 1 is 1.25 bits per heavy atom. The number of rotatable bonds is 5. The second-order valence-electron chi connectivity index (χ2n) is 5.72. The highest BCUT2D eigenvalue weighted by Gasteiger charge is 2.23. The Morgan fingerprint density at radius 3 is 2.60 bits per heavy atom.